The van der Waals surface area contributed by atoms with E-state index in [0.717, 1.165) is 24.5 Å². The van der Waals surface area contributed by atoms with Crippen molar-refractivity contribution in [1.29, 1.82) is 0 Å². The molecule has 3 aromatic rings. The fraction of sp³-hybridized carbons (Fsp3) is 0.238. The molecule has 3 rings (SSSR count). The van der Waals surface area contributed by atoms with E-state index >= 15 is 0 Å². The summed E-state index contributed by atoms with van der Waals surface area (Å²) >= 11 is 0. The third-order valence-corrected chi connectivity index (χ3v) is 4.65. The molecule has 146 valence electrons. The molecule has 0 unspecified atom stereocenters. The molecule has 0 aliphatic carbocycles. The first-order valence-electron chi connectivity index (χ1n) is 9.05. The number of aromatic nitrogens is 1. The highest BCUT2D eigenvalue weighted by atomic mass is 19.1. The summed E-state index contributed by atoms with van der Waals surface area (Å²) in [7, 11) is 0. The van der Waals surface area contributed by atoms with E-state index in [0.29, 0.717) is 17.7 Å². The summed E-state index contributed by atoms with van der Waals surface area (Å²) in [5, 5.41) is 12.3. The summed E-state index contributed by atoms with van der Waals surface area (Å²) < 4.78 is 16.4. The number of halogens is 1. The van der Waals surface area contributed by atoms with Crippen molar-refractivity contribution in [2.24, 2.45) is 0 Å². The van der Waals surface area contributed by atoms with E-state index in [9.17, 15) is 19.1 Å². The Balaban J connectivity index is 2.25. The van der Waals surface area contributed by atoms with Gasteiger partial charge in [0.2, 0.25) is 5.43 Å². The second-order valence-corrected chi connectivity index (χ2v) is 6.76. The zero-order valence-electron chi connectivity index (χ0n) is 15.8. The topological polar surface area (TPSA) is 97.3 Å². The largest absolute Gasteiger partial charge is 0.477 e. The number of carbonyl (C=O) groups is 1. The van der Waals surface area contributed by atoms with E-state index in [2.05, 4.69) is 5.32 Å². The van der Waals surface area contributed by atoms with Crippen molar-refractivity contribution in [3.8, 4) is 0 Å². The Bertz CT molecular complexity index is 1100. The monoisotopic (exact) mass is 383 g/mol. The Hall–Kier alpha value is -3.35. The van der Waals surface area contributed by atoms with Crippen molar-refractivity contribution in [1.82, 2.24) is 4.57 Å². The number of nitrogens with two attached hydrogens (primary N) is 1. The fourth-order valence-corrected chi connectivity index (χ4v) is 3.13. The quantitative estimate of drug-likeness (QED) is 0.552. The molecule has 0 bridgehead atoms. The van der Waals surface area contributed by atoms with Crippen LogP contribution < -0.4 is 16.5 Å². The number of aryl methyl sites for hydroxylation is 2. The van der Waals surface area contributed by atoms with Gasteiger partial charge in [0, 0.05) is 18.4 Å². The smallest absolute Gasteiger partial charge is 0.341 e. The van der Waals surface area contributed by atoms with Crippen LogP contribution in [0.4, 0.5) is 21.5 Å². The van der Waals surface area contributed by atoms with Crippen LogP contribution in [0.1, 0.15) is 35.7 Å². The molecule has 0 amide bonds. The lowest BCUT2D eigenvalue weighted by atomic mass is 10.1. The van der Waals surface area contributed by atoms with Crippen LogP contribution in [-0.4, -0.2) is 15.6 Å². The van der Waals surface area contributed by atoms with Gasteiger partial charge in [-0.3, -0.25) is 4.79 Å². The van der Waals surface area contributed by atoms with Crippen molar-refractivity contribution in [3.05, 3.63) is 63.7 Å². The molecule has 2 aromatic carbocycles. The molecule has 0 aliphatic heterocycles. The van der Waals surface area contributed by atoms with E-state index in [1.807, 2.05) is 26.0 Å². The van der Waals surface area contributed by atoms with Gasteiger partial charge in [0.15, 0.2) is 0 Å². The summed E-state index contributed by atoms with van der Waals surface area (Å²) in [6, 6.07) is 8.42. The number of nitrogens with one attached hydrogen (secondary N) is 1. The molecule has 0 radical (unpaired) electrons. The van der Waals surface area contributed by atoms with Crippen molar-refractivity contribution in [2.45, 2.75) is 33.2 Å². The highest BCUT2D eigenvalue weighted by Gasteiger charge is 2.20. The molecule has 0 saturated heterocycles. The number of pyridine rings is 1. The molecule has 1 aromatic heterocycles. The zero-order valence-corrected chi connectivity index (χ0v) is 15.8. The number of hydrogen-bond donors (Lipinski definition) is 3. The van der Waals surface area contributed by atoms with Gasteiger partial charge in [-0.2, -0.15) is 0 Å². The number of fused-ring (bicyclic) bond motifs is 1. The van der Waals surface area contributed by atoms with Gasteiger partial charge < -0.3 is 20.7 Å². The molecule has 0 aliphatic rings. The van der Waals surface area contributed by atoms with Crippen molar-refractivity contribution < 1.29 is 14.3 Å². The molecule has 0 atom stereocenters. The number of benzene rings is 2. The van der Waals surface area contributed by atoms with Crippen molar-refractivity contribution >= 4 is 33.9 Å². The van der Waals surface area contributed by atoms with Gasteiger partial charge in [-0.05, 0) is 31.5 Å². The molecule has 0 fully saturated rings. The van der Waals surface area contributed by atoms with Crippen LogP contribution in [0, 0.1) is 12.7 Å². The normalized spacial score (nSPS) is 11.0. The van der Waals surface area contributed by atoms with E-state index in [1.54, 1.807) is 16.7 Å². The minimum atomic E-state index is -1.35. The minimum absolute atomic E-state index is 0.0412. The van der Waals surface area contributed by atoms with Gasteiger partial charge in [-0.1, -0.05) is 31.0 Å². The van der Waals surface area contributed by atoms with Crippen LogP contribution >= 0.6 is 0 Å². The van der Waals surface area contributed by atoms with Gasteiger partial charge in [0.05, 0.1) is 16.6 Å². The molecule has 0 spiro atoms. The van der Waals surface area contributed by atoms with Gasteiger partial charge >= 0.3 is 5.97 Å². The van der Waals surface area contributed by atoms with Gasteiger partial charge in [-0.15, -0.1) is 0 Å². The number of unbranched alkanes of at least 4 members (excludes halogenated alkanes) is 1. The third kappa shape index (κ3) is 3.55. The highest BCUT2D eigenvalue weighted by molar-refractivity contribution is 6.00. The second kappa shape index (κ2) is 7.72. The average Bonchev–Trinajstić information content (AvgIpc) is 2.66. The number of nitrogen functional groups attached to an aromatic ring is 1. The molecule has 28 heavy (non-hydrogen) atoms. The Morgan fingerprint density at radius 3 is 2.57 bits per heavy atom. The van der Waals surface area contributed by atoms with E-state index in [-0.39, 0.29) is 16.8 Å². The second-order valence-electron chi connectivity index (χ2n) is 6.76. The van der Waals surface area contributed by atoms with Crippen LogP contribution in [0.15, 0.2) is 41.3 Å². The molecule has 7 heteroatoms. The standard InChI is InChI=1S/C21H22FN3O3/c1-3-4-9-25-11-15(21(27)28)20(26)14-10-16(22)18(17(23)19(14)25)24-13-7-5-12(2)6-8-13/h5-8,10-11,24H,3-4,9,23H2,1-2H3,(H,27,28). The summed E-state index contributed by atoms with van der Waals surface area (Å²) in [5.74, 6) is -2.06. The molecule has 4 N–H and O–H groups in total. The Morgan fingerprint density at radius 1 is 1.29 bits per heavy atom. The van der Waals surface area contributed by atoms with Crippen molar-refractivity contribution in [2.75, 3.05) is 11.1 Å². The maximum absolute atomic E-state index is 14.8. The van der Waals surface area contributed by atoms with Crippen LogP contribution in [0.5, 0.6) is 0 Å². The number of hydrogen-bond acceptors (Lipinski definition) is 4. The molecular formula is C21H22FN3O3. The molecule has 0 saturated carbocycles. The number of nitrogens with zero attached hydrogens (tertiary/aromatic N) is 1. The fourth-order valence-electron chi connectivity index (χ4n) is 3.13. The molecule has 1 heterocycles. The predicted molar refractivity (Wildman–Crippen MR) is 109 cm³/mol. The predicted octanol–water partition coefficient (Wildman–Crippen LogP) is 4.27. The highest BCUT2D eigenvalue weighted by Crippen LogP contribution is 2.33. The number of carboxylic acids is 1. The van der Waals surface area contributed by atoms with Crippen molar-refractivity contribution in [3.63, 3.8) is 0 Å². The lowest BCUT2D eigenvalue weighted by Crippen LogP contribution is -2.20. The molecular weight excluding hydrogens is 361 g/mol. The summed E-state index contributed by atoms with van der Waals surface area (Å²) in [5.41, 5.74) is 7.28. The lowest BCUT2D eigenvalue weighted by Gasteiger charge is -2.18. The van der Waals surface area contributed by atoms with E-state index in [4.69, 9.17) is 5.73 Å². The first-order valence-corrected chi connectivity index (χ1v) is 9.05. The van der Waals surface area contributed by atoms with Crippen LogP contribution in [0.25, 0.3) is 10.9 Å². The summed E-state index contributed by atoms with van der Waals surface area (Å²) in [6.45, 7) is 4.41. The average molecular weight is 383 g/mol. The summed E-state index contributed by atoms with van der Waals surface area (Å²) in [4.78, 5) is 24.0. The van der Waals surface area contributed by atoms with Gasteiger partial charge in [-0.25, -0.2) is 9.18 Å². The number of carboxylic acid groups (broad SMARTS) is 1. The first-order chi connectivity index (χ1) is 13.3. The van der Waals surface area contributed by atoms with Crippen LogP contribution in [0.3, 0.4) is 0 Å². The number of rotatable bonds is 6. The van der Waals surface area contributed by atoms with Gasteiger partial charge in [0.25, 0.3) is 0 Å². The Labute approximate surface area is 161 Å². The van der Waals surface area contributed by atoms with E-state index in [1.165, 1.54) is 6.20 Å². The summed E-state index contributed by atoms with van der Waals surface area (Å²) in [6.07, 6.45) is 2.91. The first kappa shape index (κ1) is 19.4. The third-order valence-electron chi connectivity index (χ3n) is 4.65. The Morgan fingerprint density at radius 2 is 1.96 bits per heavy atom. The zero-order chi connectivity index (χ0) is 20.4. The SMILES string of the molecule is CCCCn1cc(C(=O)O)c(=O)c2cc(F)c(Nc3ccc(C)cc3)c(N)c21. The molecule has 6 nitrogen and oxygen atoms in total. The number of anilines is 3. The Kier molecular flexibility index (Phi) is 5.35. The van der Waals surface area contributed by atoms with Gasteiger partial charge in [0.1, 0.15) is 17.1 Å². The van der Waals surface area contributed by atoms with Crippen LogP contribution in [0.2, 0.25) is 0 Å². The lowest BCUT2D eigenvalue weighted by molar-refractivity contribution is 0.0695. The number of aromatic carboxylic acids is 1. The minimum Gasteiger partial charge on any atom is -0.477 e. The van der Waals surface area contributed by atoms with E-state index < -0.39 is 22.8 Å². The van der Waals surface area contributed by atoms with Crippen LogP contribution in [-0.2, 0) is 6.54 Å². The maximum Gasteiger partial charge on any atom is 0.341 e. The maximum atomic E-state index is 14.8.